The van der Waals surface area contributed by atoms with Crippen LogP contribution in [0.3, 0.4) is 0 Å². The molecule has 32 heavy (non-hydrogen) atoms. The molecule has 10 heteroatoms. The Bertz CT molecular complexity index is 1180. The lowest BCUT2D eigenvalue weighted by Crippen LogP contribution is -2.43. The summed E-state index contributed by atoms with van der Waals surface area (Å²) in [5.41, 5.74) is 2.19. The van der Waals surface area contributed by atoms with E-state index in [4.69, 9.17) is 21.1 Å². The lowest BCUT2D eigenvalue weighted by atomic mass is 9.95. The third-order valence-corrected chi connectivity index (χ3v) is 5.54. The van der Waals surface area contributed by atoms with Gasteiger partial charge in [-0.2, -0.15) is 0 Å². The zero-order valence-electron chi connectivity index (χ0n) is 17.3. The summed E-state index contributed by atoms with van der Waals surface area (Å²) in [4.78, 5) is 34.1. The van der Waals surface area contributed by atoms with Crippen molar-refractivity contribution in [2.75, 3.05) is 26.1 Å². The van der Waals surface area contributed by atoms with Gasteiger partial charge in [0.15, 0.2) is 0 Å². The van der Waals surface area contributed by atoms with Gasteiger partial charge in [0.1, 0.15) is 17.6 Å². The number of anilines is 1. The number of hydrogen-bond acceptors (Lipinski definition) is 5. The van der Waals surface area contributed by atoms with Gasteiger partial charge in [-0.15, -0.1) is 0 Å². The Hall–Kier alpha value is -3.59. The van der Waals surface area contributed by atoms with Gasteiger partial charge in [-0.25, -0.2) is 19.0 Å². The van der Waals surface area contributed by atoms with Crippen LogP contribution in [0.2, 0.25) is 5.02 Å². The number of esters is 1. The van der Waals surface area contributed by atoms with E-state index in [2.05, 4.69) is 15.3 Å². The van der Waals surface area contributed by atoms with E-state index in [9.17, 15) is 14.0 Å². The fourth-order valence-electron chi connectivity index (χ4n) is 3.77. The predicted molar refractivity (Wildman–Crippen MR) is 116 cm³/mol. The first-order valence-electron chi connectivity index (χ1n) is 9.74. The monoisotopic (exact) mass is 458 g/mol. The van der Waals surface area contributed by atoms with E-state index in [1.807, 2.05) is 0 Å². The van der Waals surface area contributed by atoms with Crippen LogP contribution in [0.5, 0.6) is 5.75 Å². The Kier molecular flexibility index (Phi) is 6.00. The summed E-state index contributed by atoms with van der Waals surface area (Å²) < 4.78 is 24.9. The summed E-state index contributed by atoms with van der Waals surface area (Å²) in [7, 11) is 2.72. The van der Waals surface area contributed by atoms with Crippen molar-refractivity contribution >= 4 is 29.3 Å². The van der Waals surface area contributed by atoms with Gasteiger partial charge in [0.25, 0.3) is 0 Å². The number of aromatic amines is 1. The first-order valence-corrected chi connectivity index (χ1v) is 10.1. The number of nitrogens with zero attached hydrogens (tertiary/aromatic N) is 2. The number of aromatic nitrogens is 2. The van der Waals surface area contributed by atoms with Gasteiger partial charge in [0.05, 0.1) is 37.5 Å². The topological polar surface area (TPSA) is 96.5 Å². The number of fused-ring (bicyclic) bond motifs is 1. The van der Waals surface area contributed by atoms with Gasteiger partial charge < -0.3 is 24.7 Å². The lowest BCUT2D eigenvalue weighted by molar-refractivity contribution is 0.0600. The fourth-order valence-corrected chi connectivity index (χ4v) is 3.93. The van der Waals surface area contributed by atoms with Crippen molar-refractivity contribution in [3.63, 3.8) is 0 Å². The molecule has 4 rings (SSSR count). The van der Waals surface area contributed by atoms with Crippen LogP contribution < -0.4 is 10.1 Å². The number of methoxy groups -OCH3 is 2. The molecule has 2 N–H and O–H groups in total. The standard InChI is InChI=1S/C22H20ClFN4O4/c1-31-18-6-3-12(21(29)32-2)9-17(18)27-22(30)28-8-7-16-19(26-11-25-16)20(28)14-5-4-13(23)10-15(14)24/h3-6,9-11,20H,7-8H2,1-2H3,(H,25,26)(H,27,30)/t20-/m1/s1. The first-order chi connectivity index (χ1) is 15.4. The highest BCUT2D eigenvalue weighted by Crippen LogP contribution is 2.36. The van der Waals surface area contributed by atoms with Gasteiger partial charge in [-0.3, -0.25) is 0 Å². The number of halogens is 2. The molecule has 1 aliphatic heterocycles. The van der Waals surface area contributed by atoms with Crippen molar-refractivity contribution in [3.05, 3.63) is 76.1 Å². The van der Waals surface area contributed by atoms with Crippen LogP contribution >= 0.6 is 11.6 Å². The largest absolute Gasteiger partial charge is 0.495 e. The van der Waals surface area contributed by atoms with Crippen LogP contribution in [0.1, 0.15) is 33.4 Å². The van der Waals surface area contributed by atoms with E-state index in [0.717, 1.165) is 5.69 Å². The second-order valence-electron chi connectivity index (χ2n) is 7.11. The summed E-state index contributed by atoms with van der Waals surface area (Å²) >= 11 is 5.92. The van der Waals surface area contributed by atoms with Crippen LogP contribution in [0.25, 0.3) is 0 Å². The van der Waals surface area contributed by atoms with E-state index in [1.54, 1.807) is 18.2 Å². The molecule has 0 spiro atoms. The molecule has 8 nitrogen and oxygen atoms in total. The molecule has 1 aliphatic rings. The highest BCUT2D eigenvalue weighted by atomic mass is 35.5. The van der Waals surface area contributed by atoms with Gasteiger partial charge in [0.2, 0.25) is 0 Å². The number of H-pyrrole nitrogens is 1. The molecule has 0 unspecified atom stereocenters. The van der Waals surface area contributed by atoms with E-state index >= 15 is 0 Å². The minimum absolute atomic E-state index is 0.247. The summed E-state index contributed by atoms with van der Waals surface area (Å²) in [6.07, 6.45) is 2.05. The summed E-state index contributed by atoms with van der Waals surface area (Å²) in [6.45, 7) is 0.312. The maximum Gasteiger partial charge on any atom is 0.337 e. The van der Waals surface area contributed by atoms with E-state index < -0.39 is 23.9 Å². The van der Waals surface area contributed by atoms with Crippen molar-refractivity contribution in [2.45, 2.75) is 12.5 Å². The average Bonchev–Trinajstić information content (AvgIpc) is 3.27. The molecule has 0 radical (unpaired) electrons. The third-order valence-electron chi connectivity index (χ3n) is 5.31. The molecular formula is C22H20ClFN4O4. The minimum Gasteiger partial charge on any atom is -0.495 e. The normalized spacial score (nSPS) is 15.1. The smallest absolute Gasteiger partial charge is 0.337 e. The number of imidazole rings is 1. The van der Waals surface area contributed by atoms with Crippen LogP contribution in [-0.4, -0.2) is 47.6 Å². The van der Waals surface area contributed by atoms with Crippen LogP contribution in [0.4, 0.5) is 14.9 Å². The Balaban J connectivity index is 1.70. The number of benzene rings is 2. The average molecular weight is 459 g/mol. The number of hydrogen-bond donors (Lipinski definition) is 2. The molecule has 0 saturated carbocycles. The molecule has 166 valence electrons. The van der Waals surface area contributed by atoms with Crippen molar-refractivity contribution in [3.8, 4) is 5.75 Å². The van der Waals surface area contributed by atoms with E-state index in [-0.39, 0.29) is 21.8 Å². The highest BCUT2D eigenvalue weighted by Gasteiger charge is 2.36. The maximum atomic E-state index is 14.8. The second kappa shape index (κ2) is 8.88. The number of carbonyl (C=O) groups excluding carboxylic acids is 2. The zero-order chi connectivity index (χ0) is 22.8. The van der Waals surface area contributed by atoms with Gasteiger partial charge in [0, 0.05) is 29.2 Å². The molecule has 1 atom stereocenters. The fraction of sp³-hybridized carbons (Fsp3) is 0.227. The molecule has 0 bridgehead atoms. The zero-order valence-corrected chi connectivity index (χ0v) is 18.1. The number of ether oxygens (including phenoxy) is 2. The van der Waals surface area contributed by atoms with Crippen LogP contribution in [0.15, 0.2) is 42.7 Å². The van der Waals surface area contributed by atoms with Gasteiger partial charge >= 0.3 is 12.0 Å². The van der Waals surface area contributed by atoms with E-state index in [0.29, 0.717) is 24.4 Å². The SMILES string of the molecule is COC(=O)c1ccc(OC)c(NC(=O)N2CCc3[nH]cnc3[C@H]2c2ccc(Cl)cc2F)c1. The van der Waals surface area contributed by atoms with Crippen LogP contribution in [-0.2, 0) is 11.2 Å². The Morgan fingerprint density at radius 1 is 1.25 bits per heavy atom. The predicted octanol–water partition coefficient (Wildman–Crippen LogP) is 4.18. The third kappa shape index (κ3) is 3.99. The van der Waals surface area contributed by atoms with Crippen molar-refractivity contribution in [1.82, 2.24) is 14.9 Å². The molecular weight excluding hydrogens is 439 g/mol. The summed E-state index contributed by atoms with van der Waals surface area (Å²) in [5.74, 6) is -0.734. The number of nitrogens with one attached hydrogen (secondary N) is 2. The van der Waals surface area contributed by atoms with Gasteiger partial charge in [-0.05, 0) is 30.3 Å². The highest BCUT2D eigenvalue weighted by molar-refractivity contribution is 6.30. The first kappa shape index (κ1) is 21.6. The molecule has 0 aliphatic carbocycles. The molecule has 0 saturated heterocycles. The number of carbonyl (C=O) groups is 2. The second-order valence-corrected chi connectivity index (χ2v) is 7.55. The summed E-state index contributed by atoms with van der Waals surface area (Å²) in [5, 5.41) is 3.03. The van der Waals surface area contributed by atoms with E-state index in [1.165, 1.54) is 43.6 Å². The Labute approximate surface area is 188 Å². The maximum absolute atomic E-state index is 14.8. The van der Waals surface area contributed by atoms with Crippen molar-refractivity contribution in [1.29, 1.82) is 0 Å². The van der Waals surface area contributed by atoms with Crippen LogP contribution in [0, 0.1) is 5.82 Å². The van der Waals surface area contributed by atoms with Gasteiger partial charge in [-0.1, -0.05) is 17.7 Å². The number of rotatable bonds is 4. The number of amides is 2. The quantitative estimate of drug-likeness (QED) is 0.572. The number of urea groups is 1. The molecule has 2 aromatic carbocycles. The molecule has 0 fully saturated rings. The minimum atomic E-state index is -0.767. The Morgan fingerprint density at radius 2 is 2.06 bits per heavy atom. The molecule has 2 amide bonds. The van der Waals surface area contributed by atoms with Crippen molar-refractivity contribution < 1.29 is 23.5 Å². The molecule has 1 aromatic heterocycles. The molecule has 3 aromatic rings. The lowest BCUT2D eigenvalue weighted by Gasteiger charge is -2.35. The Morgan fingerprint density at radius 3 is 2.78 bits per heavy atom. The molecule has 2 heterocycles. The van der Waals surface area contributed by atoms with Crippen molar-refractivity contribution in [2.24, 2.45) is 0 Å². The summed E-state index contributed by atoms with van der Waals surface area (Å²) in [6, 6.07) is 7.60.